The molecule has 1 rings (SSSR count). The van der Waals surface area contributed by atoms with Crippen LogP contribution in [0.1, 0.15) is 6.92 Å². The minimum atomic E-state index is -0.799. The first-order valence-electron chi connectivity index (χ1n) is 5.10. The fraction of sp³-hybridized carbons (Fsp3) is 0.600. The molecule has 0 fully saturated rings. The molecule has 1 aromatic rings. The van der Waals surface area contributed by atoms with Gasteiger partial charge in [-0.15, -0.1) is 0 Å². The molecule has 0 saturated heterocycles. The van der Waals surface area contributed by atoms with Crippen molar-refractivity contribution >= 4 is 23.5 Å². The zero-order chi connectivity index (χ0) is 12.9. The van der Waals surface area contributed by atoms with Crippen molar-refractivity contribution in [2.45, 2.75) is 12.5 Å². The van der Waals surface area contributed by atoms with Gasteiger partial charge in [-0.05, 0) is 13.2 Å². The number of nitrogen functional groups attached to an aromatic ring is 1. The van der Waals surface area contributed by atoms with Gasteiger partial charge in [0, 0.05) is 18.4 Å². The summed E-state index contributed by atoms with van der Waals surface area (Å²) in [4.78, 5) is 7.87. The number of thioether (sulfide) groups is 1. The van der Waals surface area contributed by atoms with Crippen LogP contribution in [0.2, 0.25) is 0 Å². The maximum Gasteiger partial charge on any atom is 0.225 e. The highest BCUT2D eigenvalue weighted by atomic mass is 32.2. The molecule has 96 valence electrons. The van der Waals surface area contributed by atoms with E-state index < -0.39 is 5.60 Å². The molecule has 0 aliphatic rings. The van der Waals surface area contributed by atoms with Gasteiger partial charge in [0.15, 0.2) is 0 Å². The summed E-state index contributed by atoms with van der Waals surface area (Å²) in [6, 6.07) is 1.63. The molecule has 4 N–H and O–H groups in total. The number of nitrogens with zero attached hydrogens (tertiary/aromatic N) is 2. The van der Waals surface area contributed by atoms with Crippen LogP contribution in [0.5, 0.6) is 5.88 Å². The highest BCUT2D eigenvalue weighted by molar-refractivity contribution is 7.98. The summed E-state index contributed by atoms with van der Waals surface area (Å²) in [6.45, 7) is 2.14. The van der Waals surface area contributed by atoms with Crippen molar-refractivity contribution in [3.8, 4) is 5.88 Å². The van der Waals surface area contributed by atoms with Gasteiger partial charge in [-0.2, -0.15) is 21.7 Å². The largest absolute Gasteiger partial charge is 0.481 e. The summed E-state index contributed by atoms with van der Waals surface area (Å²) in [7, 11) is 1.51. The summed E-state index contributed by atoms with van der Waals surface area (Å²) in [5.74, 6) is 1.70. The molecule has 0 bridgehead atoms. The van der Waals surface area contributed by atoms with Gasteiger partial charge in [0.1, 0.15) is 5.82 Å². The number of hydrogen-bond acceptors (Lipinski definition) is 7. The lowest BCUT2D eigenvalue weighted by molar-refractivity contribution is 0.0996. The fourth-order valence-electron chi connectivity index (χ4n) is 1.28. The molecule has 0 aromatic carbocycles. The first-order chi connectivity index (χ1) is 7.96. The number of nitrogens with one attached hydrogen (secondary N) is 1. The van der Waals surface area contributed by atoms with Crippen molar-refractivity contribution in [3.63, 3.8) is 0 Å². The number of aromatic nitrogens is 2. The smallest absolute Gasteiger partial charge is 0.225 e. The Kier molecular flexibility index (Phi) is 4.83. The molecule has 17 heavy (non-hydrogen) atoms. The minimum Gasteiger partial charge on any atom is -0.481 e. The maximum atomic E-state index is 9.98. The topological polar surface area (TPSA) is 93.3 Å². The van der Waals surface area contributed by atoms with Crippen LogP contribution in [-0.2, 0) is 0 Å². The highest BCUT2D eigenvalue weighted by Gasteiger charge is 2.19. The van der Waals surface area contributed by atoms with Crippen LogP contribution in [0.4, 0.5) is 11.8 Å². The number of methoxy groups -OCH3 is 1. The maximum absolute atomic E-state index is 9.98. The number of anilines is 2. The second-order valence-electron chi connectivity index (χ2n) is 3.94. The van der Waals surface area contributed by atoms with Crippen LogP contribution in [-0.4, -0.2) is 46.3 Å². The van der Waals surface area contributed by atoms with E-state index in [4.69, 9.17) is 10.5 Å². The third kappa shape index (κ3) is 4.66. The van der Waals surface area contributed by atoms with Gasteiger partial charge in [-0.1, -0.05) is 0 Å². The summed E-state index contributed by atoms with van der Waals surface area (Å²) in [5, 5.41) is 13.0. The van der Waals surface area contributed by atoms with Gasteiger partial charge in [0.25, 0.3) is 0 Å². The van der Waals surface area contributed by atoms with Crippen molar-refractivity contribution in [2.24, 2.45) is 0 Å². The molecule has 0 amide bonds. The molecule has 1 heterocycles. The minimum absolute atomic E-state index is 0.136. The Bertz CT molecular complexity index is 373. The molecule has 7 heteroatoms. The van der Waals surface area contributed by atoms with Crippen molar-refractivity contribution in [3.05, 3.63) is 6.07 Å². The SMILES string of the molecule is COc1cc(NCC(C)(O)CSC)nc(N)n1. The lowest BCUT2D eigenvalue weighted by atomic mass is 10.1. The van der Waals surface area contributed by atoms with Crippen molar-refractivity contribution in [1.82, 2.24) is 9.97 Å². The van der Waals surface area contributed by atoms with Gasteiger partial charge < -0.3 is 20.9 Å². The predicted molar refractivity (Wildman–Crippen MR) is 70.5 cm³/mol. The molecule has 0 saturated carbocycles. The van der Waals surface area contributed by atoms with Crippen LogP contribution >= 0.6 is 11.8 Å². The Morgan fingerprint density at radius 2 is 2.29 bits per heavy atom. The second kappa shape index (κ2) is 5.92. The molecule has 0 radical (unpaired) electrons. The predicted octanol–water partition coefficient (Wildman–Crippen LogP) is 0.593. The van der Waals surface area contributed by atoms with Gasteiger partial charge in [0.2, 0.25) is 11.8 Å². The Morgan fingerprint density at radius 3 is 2.88 bits per heavy atom. The van der Waals surface area contributed by atoms with E-state index in [1.807, 2.05) is 6.26 Å². The molecule has 0 aliphatic carbocycles. The summed E-state index contributed by atoms with van der Waals surface area (Å²) >= 11 is 1.58. The second-order valence-corrected chi connectivity index (χ2v) is 4.80. The first-order valence-corrected chi connectivity index (χ1v) is 6.50. The van der Waals surface area contributed by atoms with Crippen molar-refractivity contribution in [2.75, 3.05) is 36.7 Å². The molecular weight excluding hydrogens is 240 g/mol. The third-order valence-corrected chi connectivity index (χ3v) is 2.95. The van der Waals surface area contributed by atoms with Gasteiger partial charge in [0.05, 0.1) is 12.7 Å². The van der Waals surface area contributed by atoms with E-state index in [0.717, 1.165) is 0 Å². The van der Waals surface area contributed by atoms with Crippen LogP contribution in [0.3, 0.4) is 0 Å². The van der Waals surface area contributed by atoms with Gasteiger partial charge in [-0.3, -0.25) is 0 Å². The van der Waals surface area contributed by atoms with E-state index in [0.29, 0.717) is 24.0 Å². The average Bonchev–Trinajstić information content (AvgIpc) is 2.26. The quantitative estimate of drug-likeness (QED) is 0.687. The number of aliphatic hydroxyl groups is 1. The molecule has 0 spiro atoms. The van der Waals surface area contributed by atoms with Crippen molar-refractivity contribution in [1.29, 1.82) is 0 Å². The summed E-state index contributed by atoms with van der Waals surface area (Å²) < 4.78 is 4.98. The van der Waals surface area contributed by atoms with Gasteiger partial charge >= 0.3 is 0 Å². The standard InChI is InChI=1S/C10H18N4O2S/c1-10(15,6-17-3)5-12-7-4-8(16-2)14-9(11)13-7/h4,15H,5-6H2,1-3H3,(H3,11,12,13,14). The van der Waals surface area contributed by atoms with Crippen LogP contribution in [0.25, 0.3) is 0 Å². The number of hydrogen-bond donors (Lipinski definition) is 3. The Balaban J connectivity index is 2.65. The Labute approximate surface area is 105 Å². The zero-order valence-corrected chi connectivity index (χ0v) is 11.0. The average molecular weight is 258 g/mol. The van der Waals surface area contributed by atoms with Crippen LogP contribution < -0.4 is 15.8 Å². The molecule has 1 aromatic heterocycles. The molecule has 0 aliphatic heterocycles. The number of rotatable bonds is 6. The first kappa shape index (κ1) is 13.9. The molecular formula is C10H18N4O2S. The number of ether oxygens (including phenoxy) is 1. The van der Waals surface area contributed by atoms with E-state index in [1.54, 1.807) is 24.8 Å². The van der Waals surface area contributed by atoms with E-state index in [-0.39, 0.29) is 5.95 Å². The Morgan fingerprint density at radius 1 is 1.59 bits per heavy atom. The fourth-order valence-corrected chi connectivity index (χ4v) is 2.00. The molecule has 1 atom stereocenters. The summed E-state index contributed by atoms with van der Waals surface area (Å²) in [5.41, 5.74) is 4.72. The van der Waals surface area contributed by atoms with E-state index in [2.05, 4.69) is 15.3 Å². The lowest BCUT2D eigenvalue weighted by Gasteiger charge is -2.22. The number of nitrogens with two attached hydrogens (primary N) is 1. The van der Waals surface area contributed by atoms with Crippen molar-refractivity contribution < 1.29 is 9.84 Å². The highest BCUT2D eigenvalue weighted by Crippen LogP contribution is 2.16. The van der Waals surface area contributed by atoms with E-state index in [1.165, 1.54) is 7.11 Å². The van der Waals surface area contributed by atoms with Crippen LogP contribution in [0, 0.1) is 0 Å². The third-order valence-electron chi connectivity index (χ3n) is 2.03. The van der Waals surface area contributed by atoms with Gasteiger partial charge in [-0.25, -0.2) is 0 Å². The van der Waals surface area contributed by atoms with Crippen LogP contribution in [0.15, 0.2) is 6.07 Å². The summed E-state index contributed by atoms with van der Waals surface area (Å²) in [6.07, 6.45) is 1.94. The monoisotopic (exact) mass is 258 g/mol. The Hall–Kier alpha value is -1.21. The lowest BCUT2D eigenvalue weighted by Crippen LogP contribution is -2.36. The van der Waals surface area contributed by atoms with E-state index >= 15 is 0 Å². The zero-order valence-electron chi connectivity index (χ0n) is 10.2. The molecule has 6 nitrogen and oxygen atoms in total. The molecule has 1 unspecified atom stereocenters. The van der Waals surface area contributed by atoms with E-state index in [9.17, 15) is 5.11 Å². The normalized spacial score (nSPS) is 14.1.